The van der Waals surface area contributed by atoms with E-state index in [2.05, 4.69) is 98.5 Å². The average molecular weight is 830 g/mol. The molecule has 1 aromatic heterocycles. The van der Waals surface area contributed by atoms with Crippen molar-refractivity contribution in [3.05, 3.63) is 98.7 Å². The van der Waals surface area contributed by atoms with E-state index in [1.165, 1.54) is 15.2 Å². The third kappa shape index (κ3) is 8.02. The zero-order valence-electron chi connectivity index (χ0n) is 29.5. The fourth-order valence-corrected chi connectivity index (χ4v) is 9.01. The van der Waals surface area contributed by atoms with Crippen LogP contribution in [0.2, 0.25) is 5.02 Å². The first-order valence-corrected chi connectivity index (χ1v) is 19.9. The van der Waals surface area contributed by atoms with Crippen LogP contribution in [-0.4, -0.2) is 83.6 Å². The van der Waals surface area contributed by atoms with E-state index < -0.39 is 0 Å². The number of anilines is 2. The fraction of sp³-hybridized carbons (Fsp3) is 0.415. The molecule has 3 aliphatic rings. The number of aryl methyl sites for hydroxylation is 1. The Bertz CT molecular complexity index is 1960. The maximum atomic E-state index is 12.7. The minimum atomic E-state index is -0.255. The number of rotatable bonds is 12. The van der Waals surface area contributed by atoms with Gasteiger partial charge >= 0.3 is 6.01 Å². The van der Waals surface area contributed by atoms with Crippen LogP contribution < -0.4 is 14.5 Å². The molecule has 0 unspecified atom stereocenters. The molecule has 11 heteroatoms. The maximum absolute atomic E-state index is 12.7. The molecule has 2 fully saturated rings. The van der Waals surface area contributed by atoms with Gasteiger partial charge in [-0.25, -0.2) is 0 Å². The zero-order chi connectivity index (χ0) is 36.0. The van der Waals surface area contributed by atoms with Gasteiger partial charge in [0.2, 0.25) is 5.91 Å². The molecule has 2 atom stereocenters. The fourth-order valence-electron chi connectivity index (χ4n) is 8.08. The molecule has 0 bridgehead atoms. The summed E-state index contributed by atoms with van der Waals surface area (Å²) in [4.78, 5) is 31.8. The summed E-state index contributed by atoms with van der Waals surface area (Å²) in [6, 6.07) is 23.7. The van der Waals surface area contributed by atoms with Crippen LogP contribution in [-0.2, 0) is 24.2 Å². The lowest BCUT2D eigenvalue weighted by atomic mass is 10.0. The van der Waals surface area contributed by atoms with E-state index in [0.29, 0.717) is 44.8 Å². The molecule has 3 aromatic carbocycles. The highest BCUT2D eigenvalue weighted by Crippen LogP contribution is 2.37. The Hall–Kier alpha value is -3.92. The van der Waals surface area contributed by atoms with Gasteiger partial charge in [-0.1, -0.05) is 60.6 Å². The van der Waals surface area contributed by atoms with Gasteiger partial charge in [0.15, 0.2) is 0 Å². The van der Waals surface area contributed by atoms with Gasteiger partial charge < -0.3 is 19.4 Å². The smallest absolute Gasteiger partial charge is 0.318 e. The minimum absolute atomic E-state index is 0.144. The monoisotopic (exact) mass is 829 g/mol. The zero-order valence-corrected chi connectivity index (χ0v) is 32.4. The Morgan fingerprint density at radius 2 is 1.87 bits per heavy atom. The third-order valence-corrected chi connectivity index (χ3v) is 12.1. The van der Waals surface area contributed by atoms with Crippen LogP contribution in [0.1, 0.15) is 48.9 Å². The average Bonchev–Trinajstić information content (AvgIpc) is 3.62. The number of benzene rings is 3. The summed E-state index contributed by atoms with van der Waals surface area (Å²) < 4.78 is 7.87. The largest absolute Gasteiger partial charge is 0.462 e. The van der Waals surface area contributed by atoms with E-state index in [-0.39, 0.29) is 18.4 Å². The molecule has 4 aromatic rings. The predicted molar refractivity (Wildman–Crippen MR) is 216 cm³/mol. The van der Waals surface area contributed by atoms with Gasteiger partial charge in [0, 0.05) is 52.4 Å². The van der Waals surface area contributed by atoms with Gasteiger partial charge in [-0.2, -0.15) is 15.2 Å². The summed E-state index contributed by atoms with van der Waals surface area (Å²) >= 11 is 9.20. The van der Waals surface area contributed by atoms with Crippen LogP contribution in [0.15, 0.2) is 73.3 Å². The van der Waals surface area contributed by atoms with Gasteiger partial charge in [0.05, 0.1) is 35.8 Å². The first-order chi connectivity index (χ1) is 25.4. The lowest BCUT2D eigenvalue weighted by molar-refractivity contribution is -0.128. The summed E-state index contributed by atoms with van der Waals surface area (Å²) in [5, 5.41) is 12.5. The van der Waals surface area contributed by atoms with Crippen molar-refractivity contribution >= 4 is 62.4 Å². The minimum Gasteiger partial charge on any atom is -0.462 e. The van der Waals surface area contributed by atoms with Crippen molar-refractivity contribution in [2.45, 2.75) is 63.6 Å². The number of carbonyl (C=O) groups excluding carboxylic acids is 1. The molecule has 0 saturated carbocycles. The number of fused-ring (bicyclic) bond motifs is 2. The van der Waals surface area contributed by atoms with Crippen molar-refractivity contribution in [1.82, 2.24) is 19.8 Å². The van der Waals surface area contributed by atoms with Crippen molar-refractivity contribution in [2.24, 2.45) is 0 Å². The van der Waals surface area contributed by atoms with Crippen LogP contribution >= 0.6 is 34.2 Å². The SMILES string of the molecule is C=CC(=O)N1CCN(c2nc(OC[C@@H]3CCCN3CCCCc3ccccc3I)nc3c2CCN(c2cccc4cccc(Cl)c24)C3)C[C@@H]1CC#N. The summed E-state index contributed by atoms with van der Waals surface area (Å²) in [5.41, 5.74) is 4.56. The van der Waals surface area contributed by atoms with E-state index >= 15 is 0 Å². The van der Waals surface area contributed by atoms with Gasteiger partial charge in [-0.05, 0) is 109 Å². The molecule has 0 spiro atoms. The Morgan fingerprint density at radius 3 is 2.69 bits per heavy atom. The van der Waals surface area contributed by atoms with Crippen molar-refractivity contribution in [3.63, 3.8) is 0 Å². The summed E-state index contributed by atoms with van der Waals surface area (Å²) in [7, 11) is 0. The van der Waals surface area contributed by atoms with Crippen LogP contribution in [0.4, 0.5) is 11.5 Å². The highest BCUT2D eigenvalue weighted by Gasteiger charge is 2.34. The molecule has 4 heterocycles. The van der Waals surface area contributed by atoms with Crippen LogP contribution in [0.25, 0.3) is 10.8 Å². The number of aromatic nitrogens is 2. The number of nitriles is 1. The molecule has 0 N–H and O–H groups in total. The second-order valence-corrected chi connectivity index (χ2v) is 15.5. The quantitative estimate of drug-likeness (QED) is 0.0829. The van der Waals surface area contributed by atoms with Crippen molar-refractivity contribution < 1.29 is 9.53 Å². The lowest BCUT2D eigenvalue weighted by Crippen LogP contribution is -2.55. The van der Waals surface area contributed by atoms with E-state index in [1.807, 2.05) is 12.1 Å². The first kappa shape index (κ1) is 36.4. The molecule has 2 saturated heterocycles. The molecule has 52 heavy (non-hydrogen) atoms. The highest BCUT2D eigenvalue weighted by molar-refractivity contribution is 14.1. The molecule has 0 radical (unpaired) electrons. The van der Waals surface area contributed by atoms with Gasteiger partial charge in [0.1, 0.15) is 12.4 Å². The predicted octanol–water partition coefficient (Wildman–Crippen LogP) is 7.43. The standard InChI is InChI=1S/C41H45ClIN7O2/c1-2-38(51)50-25-24-49(26-31(50)18-20-44)40-33-19-23-48(37-17-8-13-30-12-7-15-34(42)39(30)37)27-36(33)45-41(46-40)52-28-32-14-9-22-47(32)21-6-5-11-29-10-3-4-16-35(29)43/h2-4,7-8,10,12-13,15-17,31-32H,1,5-6,9,11,14,18-19,21-28H2/t31-,32-/m0/s1. The maximum Gasteiger partial charge on any atom is 0.318 e. The van der Waals surface area contributed by atoms with Gasteiger partial charge in [-0.15, -0.1) is 0 Å². The van der Waals surface area contributed by atoms with Crippen LogP contribution in [0, 0.1) is 14.9 Å². The number of likely N-dealkylation sites (tertiary alicyclic amines) is 1. The number of unbranched alkanes of at least 4 members (excludes halogenated alkanes) is 1. The van der Waals surface area contributed by atoms with Crippen molar-refractivity contribution in [3.8, 4) is 12.1 Å². The molecule has 270 valence electrons. The molecule has 9 nitrogen and oxygen atoms in total. The molecule has 7 rings (SSSR count). The van der Waals surface area contributed by atoms with Crippen molar-refractivity contribution in [1.29, 1.82) is 5.26 Å². The summed E-state index contributed by atoms with van der Waals surface area (Å²) in [6.45, 7) is 9.36. The number of hydrogen-bond donors (Lipinski definition) is 0. The molecule has 3 aliphatic heterocycles. The normalized spacial score (nSPS) is 19.1. The van der Waals surface area contributed by atoms with Crippen LogP contribution in [0.3, 0.4) is 0 Å². The number of carbonyl (C=O) groups is 1. The number of nitrogens with zero attached hydrogens (tertiary/aromatic N) is 7. The van der Waals surface area contributed by atoms with Gasteiger partial charge in [0.25, 0.3) is 0 Å². The number of halogens is 2. The molecule has 0 aliphatic carbocycles. The van der Waals surface area contributed by atoms with Crippen molar-refractivity contribution in [2.75, 3.05) is 55.7 Å². The number of hydrogen-bond acceptors (Lipinski definition) is 8. The summed E-state index contributed by atoms with van der Waals surface area (Å²) in [6.07, 6.45) is 8.01. The Balaban J connectivity index is 1.11. The number of amides is 1. The third-order valence-electron chi connectivity index (χ3n) is 10.8. The molecule has 1 amide bonds. The highest BCUT2D eigenvalue weighted by atomic mass is 127. The molecular formula is C41H45ClIN7O2. The van der Waals surface area contributed by atoms with Gasteiger partial charge in [-0.3, -0.25) is 9.69 Å². The van der Waals surface area contributed by atoms with E-state index in [1.54, 1.807) is 4.90 Å². The van der Waals surface area contributed by atoms with Crippen LogP contribution in [0.5, 0.6) is 6.01 Å². The lowest BCUT2D eigenvalue weighted by Gasteiger charge is -2.42. The second-order valence-electron chi connectivity index (χ2n) is 13.9. The number of piperazine rings is 1. The van der Waals surface area contributed by atoms with E-state index in [0.717, 1.165) is 96.7 Å². The second kappa shape index (κ2) is 16.8. The first-order valence-electron chi connectivity index (χ1n) is 18.4. The Kier molecular flexibility index (Phi) is 11.8. The van der Waals surface area contributed by atoms with E-state index in [9.17, 15) is 10.1 Å². The molecular weight excluding hydrogens is 785 g/mol. The topological polar surface area (TPSA) is 88.8 Å². The van der Waals surface area contributed by atoms with E-state index in [4.69, 9.17) is 26.3 Å². The Morgan fingerprint density at radius 1 is 1.02 bits per heavy atom. The number of ether oxygens (including phenoxy) is 1. The summed E-state index contributed by atoms with van der Waals surface area (Å²) in [5.74, 6) is 0.706. The Labute approximate surface area is 325 Å².